The first-order valence-corrected chi connectivity index (χ1v) is 6.17. The number of carbonyl (C=O) groups excluding carboxylic acids is 1. The van der Waals surface area contributed by atoms with Crippen LogP contribution < -0.4 is 5.73 Å². The summed E-state index contributed by atoms with van der Waals surface area (Å²) in [5, 5.41) is 0. The minimum Gasteiger partial charge on any atom is -0.345 e. The Labute approximate surface area is 92.0 Å². The summed E-state index contributed by atoms with van der Waals surface area (Å²) in [6.45, 7) is 1.64. The summed E-state index contributed by atoms with van der Waals surface area (Å²) < 4.78 is 0. The lowest BCUT2D eigenvalue weighted by atomic mass is 9.95. The van der Waals surface area contributed by atoms with E-state index in [1.54, 1.807) is 0 Å². The van der Waals surface area contributed by atoms with E-state index in [9.17, 15) is 4.79 Å². The highest BCUT2D eigenvalue weighted by atomic mass is 16.2. The molecule has 2 N–H and O–H groups in total. The molecule has 2 aliphatic carbocycles. The minimum absolute atomic E-state index is 0.221. The van der Waals surface area contributed by atoms with Crippen LogP contribution >= 0.6 is 0 Å². The van der Waals surface area contributed by atoms with Crippen LogP contribution in [0.5, 0.6) is 0 Å². The number of hydrogen-bond donors (Lipinski definition) is 1. The summed E-state index contributed by atoms with van der Waals surface area (Å²) in [6.07, 6.45) is 5.99. The summed E-state index contributed by atoms with van der Waals surface area (Å²) in [6, 6.07) is 0. The molecule has 1 amide bonds. The summed E-state index contributed by atoms with van der Waals surface area (Å²) in [7, 11) is 1.95. The standard InChI is InChI=1S/C12H22N2O/c1-14(8-9-5-6-9)12(15)11-4-2-3-10(11)7-13/h9-11H,2-8,13H2,1H3/t10-,11-/m1/s1. The van der Waals surface area contributed by atoms with Gasteiger partial charge in [0.05, 0.1) is 0 Å². The third-order valence-corrected chi connectivity index (χ3v) is 3.88. The second-order valence-electron chi connectivity index (χ2n) is 5.20. The first-order chi connectivity index (χ1) is 7.22. The SMILES string of the molecule is CN(CC1CC1)C(=O)[C@@H]1CCC[C@@H]1CN. The van der Waals surface area contributed by atoms with Crippen LogP contribution in [0.15, 0.2) is 0 Å². The van der Waals surface area contributed by atoms with Crippen LogP contribution in [-0.2, 0) is 4.79 Å². The Kier molecular flexibility index (Phi) is 3.29. The van der Waals surface area contributed by atoms with Gasteiger partial charge in [0.2, 0.25) is 5.91 Å². The van der Waals surface area contributed by atoms with Gasteiger partial charge in [-0.2, -0.15) is 0 Å². The lowest BCUT2D eigenvalue weighted by Crippen LogP contribution is -2.37. The molecular formula is C12H22N2O. The van der Waals surface area contributed by atoms with Crippen LogP contribution in [0.1, 0.15) is 32.1 Å². The third kappa shape index (κ3) is 2.51. The normalized spacial score (nSPS) is 30.5. The number of nitrogens with two attached hydrogens (primary N) is 1. The summed E-state index contributed by atoms with van der Waals surface area (Å²) in [5.74, 6) is 1.80. The van der Waals surface area contributed by atoms with E-state index < -0.39 is 0 Å². The Hall–Kier alpha value is -0.570. The highest BCUT2D eigenvalue weighted by molar-refractivity contribution is 5.79. The molecule has 0 heterocycles. The van der Waals surface area contributed by atoms with Crippen LogP contribution in [0.4, 0.5) is 0 Å². The number of carbonyl (C=O) groups is 1. The molecule has 2 rings (SSSR count). The molecule has 86 valence electrons. The first-order valence-electron chi connectivity index (χ1n) is 6.17. The maximum Gasteiger partial charge on any atom is 0.225 e. The van der Waals surface area contributed by atoms with Crippen LogP contribution in [-0.4, -0.2) is 30.9 Å². The molecule has 0 aliphatic heterocycles. The molecule has 3 heteroatoms. The lowest BCUT2D eigenvalue weighted by molar-refractivity contribution is -0.135. The molecule has 0 spiro atoms. The van der Waals surface area contributed by atoms with E-state index in [1.807, 2.05) is 11.9 Å². The second-order valence-corrected chi connectivity index (χ2v) is 5.20. The van der Waals surface area contributed by atoms with Gasteiger partial charge in [-0.3, -0.25) is 4.79 Å². The maximum absolute atomic E-state index is 12.1. The van der Waals surface area contributed by atoms with Crippen molar-refractivity contribution in [2.75, 3.05) is 20.1 Å². The van der Waals surface area contributed by atoms with Gasteiger partial charge in [0.25, 0.3) is 0 Å². The van der Waals surface area contributed by atoms with Gasteiger partial charge in [-0.15, -0.1) is 0 Å². The maximum atomic E-state index is 12.1. The molecule has 15 heavy (non-hydrogen) atoms. The van der Waals surface area contributed by atoms with E-state index in [1.165, 1.54) is 19.3 Å². The number of rotatable bonds is 4. The average Bonchev–Trinajstić information content (AvgIpc) is 2.92. The van der Waals surface area contributed by atoms with E-state index in [0.717, 1.165) is 25.3 Å². The van der Waals surface area contributed by atoms with Crippen molar-refractivity contribution < 1.29 is 4.79 Å². The van der Waals surface area contributed by atoms with Crippen molar-refractivity contribution >= 4 is 5.91 Å². The largest absolute Gasteiger partial charge is 0.345 e. The van der Waals surface area contributed by atoms with Gasteiger partial charge in [0.1, 0.15) is 0 Å². The Morgan fingerprint density at radius 1 is 1.33 bits per heavy atom. The van der Waals surface area contributed by atoms with Crippen molar-refractivity contribution in [1.82, 2.24) is 4.90 Å². The molecule has 2 aliphatic rings. The van der Waals surface area contributed by atoms with Crippen molar-refractivity contribution in [1.29, 1.82) is 0 Å². The molecule has 0 aromatic rings. The number of hydrogen-bond acceptors (Lipinski definition) is 2. The fraction of sp³-hybridized carbons (Fsp3) is 0.917. The Balaban J connectivity index is 1.87. The zero-order valence-electron chi connectivity index (χ0n) is 9.61. The summed E-state index contributed by atoms with van der Waals surface area (Å²) >= 11 is 0. The molecule has 0 radical (unpaired) electrons. The predicted octanol–water partition coefficient (Wildman–Crippen LogP) is 1.23. The van der Waals surface area contributed by atoms with Gasteiger partial charge < -0.3 is 10.6 Å². The van der Waals surface area contributed by atoms with E-state index in [-0.39, 0.29) is 5.92 Å². The molecule has 0 aromatic heterocycles. The van der Waals surface area contributed by atoms with Gasteiger partial charge in [-0.1, -0.05) is 6.42 Å². The van der Waals surface area contributed by atoms with E-state index in [0.29, 0.717) is 18.4 Å². The van der Waals surface area contributed by atoms with Crippen LogP contribution in [0, 0.1) is 17.8 Å². The molecule has 0 bridgehead atoms. The summed E-state index contributed by atoms with van der Waals surface area (Å²) in [5.41, 5.74) is 5.71. The van der Waals surface area contributed by atoms with Crippen LogP contribution in [0.2, 0.25) is 0 Å². The zero-order chi connectivity index (χ0) is 10.8. The van der Waals surface area contributed by atoms with Crippen molar-refractivity contribution in [2.45, 2.75) is 32.1 Å². The zero-order valence-corrected chi connectivity index (χ0v) is 9.61. The van der Waals surface area contributed by atoms with Crippen molar-refractivity contribution in [3.05, 3.63) is 0 Å². The lowest BCUT2D eigenvalue weighted by Gasteiger charge is -2.24. The highest BCUT2D eigenvalue weighted by Gasteiger charge is 2.35. The highest BCUT2D eigenvalue weighted by Crippen LogP contribution is 2.34. The smallest absolute Gasteiger partial charge is 0.225 e. The van der Waals surface area contributed by atoms with Gasteiger partial charge in [0, 0.05) is 19.5 Å². The summed E-state index contributed by atoms with van der Waals surface area (Å²) in [4.78, 5) is 14.1. The Bertz CT molecular complexity index is 238. The molecule has 0 unspecified atom stereocenters. The van der Waals surface area contributed by atoms with Crippen molar-refractivity contribution in [2.24, 2.45) is 23.5 Å². The average molecular weight is 210 g/mol. The third-order valence-electron chi connectivity index (χ3n) is 3.88. The Morgan fingerprint density at radius 2 is 2.07 bits per heavy atom. The fourth-order valence-electron chi connectivity index (χ4n) is 2.70. The first kappa shape index (κ1) is 10.9. The molecular weight excluding hydrogens is 188 g/mol. The molecule has 0 saturated heterocycles. The predicted molar refractivity (Wildman–Crippen MR) is 60.2 cm³/mol. The van der Waals surface area contributed by atoms with Gasteiger partial charge in [-0.25, -0.2) is 0 Å². The molecule has 0 aromatic carbocycles. The van der Waals surface area contributed by atoms with Crippen LogP contribution in [0.25, 0.3) is 0 Å². The topological polar surface area (TPSA) is 46.3 Å². The van der Waals surface area contributed by atoms with E-state index >= 15 is 0 Å². The molecule has 2 fully saturated rings. The Morgan fingerprint density at radius 3 is 2.67 bits per heavy atom. The monoisotopic (exact) mass is 210 g/mol. The fourth-order valence-corrected chi connectivity index (χ4v) is 2.70. The van der Waals surface area contributed by atoms with E-state index in [2.05, 4.69) is 0 Å². The van der Waals surface area contributed by atoms with Crippen molar-refractivity contribution in [3.63, 3.8) is 0 Å². The minimum atomic E-state index is 0.221. The van der Waals surface area contributed by atoms with E-state index in [4.69, 9.17) is 5.73 Å². The van der Waals surface area contributed by atoms with Gasteiger partial charge in [-0.05, 0) is 44.1 Å². The van der Waals surface area contributed by atoms with Crippen molar-refractivity contribution in [3.8, 4) is 0 Å². The van der Waals surface area contributed by atoms with Gasteiger partial charge >= 0.3 is 0 Å². The van der Waals surface area contributed by atoms with Gasteiger partial charge in [0.15, 0.2) is 0 Å². The number of nitrogens with zero attached hydrogens (tertiary/aromatic N) is 1. The molecule has 2 atom stereocenters. The second kappa shape index (κ2) is 4.52. The quantitative estimate of drug-likeness (QED) is 0.758. The van der Waals surface area contributed by atoms with Crippen LogP contribution in [0.3, 0.4) is 0 Å². The number of amides is 1. The molecule has 3 nitrogen and oxygen atoms in total. The molecule has 2 saturated carbocycles.